The lowest BCUT2D eigenvalue weighted by molar-refractivity contribution is 0.313. The summed E-state index contributed by atoms with van der Waals surface area (Å²) in [5.41, 5.74) is 0. The van der Waals surface area contributed by atoms with E-state index in [1.165, 1.54) is 21.5 Å². The Labute approximate surface area is 113 Å². The van der Waals surface area contributed by atoms with Crippen molar-refractivity contribution in [2.24, 2.45) is 0 Å². The third-order valence-corrected chi connectivity index (χ3v) is 3.40. The zero-order valence-electron chi connectivity index (χ0n) is 11.1. The van der Waals surface area contributed by atoms with Gasteiger partial charge in [0.2, 0.25) is 0 Å². The second-order valence-corrected chi connectivity index (χ2v) is 4.80. The molecular formula is C18H17O. The number of benzene rings is 3. The maximum Gasteiger partial charge on any atom is 0.127 e. The van der Waals surface area contributed by atoms with Crippen LogP contribution in [0.1, 0.15) is 19.8 Å². The van der Waals surface area contributed by atoms with Gasteiger partial charge in [-0.1, -0.05) is 37.6 Å². The van der Waals surface area contributed by atoms with Gasteiger partial charge in [0.25, 0.3) is 0 Å². The van der Waals surface area contributed by atoms with Crippen LogP contribution in [-0.2, 0) is 0 Å². The summed E-state index contributed by atoms with van der Waals surface area (Å²) in [4.78, 5) is 0. The van der Waals surface area contributed by atoms with Gasteiger partial charge in [-0.2, -0.15) is 0 Å². The van der Waals surface area contributed by atoms with Gasteiger partial charge in [-0.15, -0.1) is 0 Å². The number of hydrogen-bond acceptors (Lipinski definition) is 1. The summed E-state index contributed by atoms with van der Waals surface area (Å²) in [5.74, 6) is 0.983. The molecule has 1 radical (unpaired) electrons. The van der Waals surface area contributed by atoms with Crippen molar-refractivity contribution in [1.82, 2.24) is 0 Å². The standard InChI is InChI=1S/C18H17O/c1-2-3-11-19-18-10-6-9-16-12-14-7-4-5-8-15(14)13-17(16)18/h4,6-10,12-13H,2-3,11H2,1H3. The lowest BCUT2D eigenvalue weighted by atomic mass is 10.0. The molecule has 0 N–H and O–H groups in total. The monoisotopic (exact) mass is 249 g/mol. The van der Waals surface area contributed by atoms with E-state index in [-0.39, 0.29) is 0 Å². The van der Waals surface area contributed by atoms with Crippen LogP contribution in [0, 0.1) is 6.07 Å². The average molecular weight is 249 g/mol. The van der Waals surface area contributed by atoms with Crippen LogP contribution in [-0.4, -0.2) is 6.61 Å². The molecule has 0 heterocycles. The van der Waals surface area contributed by atoms with Gasteiger partial charge in [0, 0.05) is 5.39 Å². The van der Waals surface area contributed by atoms with E-state index >= 15 is 0 Å². The van der Waals surface area contributed by atoms with Crippen molar-refractivity contribution in [2.45, 2.75) is 19.8 Å². The minimum Gasteiger partial charge on any atom is -0.493 e. The SMILES string of the molecule is CCCCOc1cccc2cc3cc[c]cc3cc12. The molecular weight excluding hydrogens is 232 g/mol. The molecule has 0 atom stereocenters. The summed E-state index contributed by atoms with van der Waals surface area (Å²) >= 11 is 0. The van der Waals surface area contributed by atoms with Crippen molar-refractivity contribution in [3.63, 3.8) is 0 Å². The molecule has 1 heteroatoms. The lowest BCUT2D eigenvalue weighted by Crippen LogP contribution is -1.96. The predicted molar refractivity (Wildman–Crippen MR) is 80.7 cm³/mol. The highest BCUT2D eigenvalue weighted by Gasteiger charge is 2.03. The molecule has 1 nitrogen and oxygen atoms in total. The van der Waals surface area contributed by atoms with Crippen molar-refractivity contribution < 1.29 is 4.74 Å². The van der Waals surface area contributed by atoms with Gasteiger partial charge in [0.15, 0.2) is 0 Å². The molecule has 0 aromatic heterocycles. The minimum atomic E-state index is 0.786. The highest BCUT2D eigenvalue weighted by atomic mass is 16.5. The van der Waals surface area contributed by atoms with E-state index in [2.05, 4.69) is 49.4 Å². The molecule has 0 bridgehead atoms. The van der Waals surface area contributed by atoms with Gasteiger partial charge < -0.3 is 4.74 Å². The molecule has 3 rings (SSSR count). The van der Waals surface area contributed by atoms with Crippen LogP contribution in [0.5, 0.6) is 5.75 Å². The number of fused-ring (bicyclic) bond motifs is 2. The molecule has 3 aromatic carbocycles. The molecule has 0 fully saturated rings. The van der Waals surface area contributed by atoms with Crippen molar-refractivity contribution >= 4 is 21.5 Å². The van der Waals surface area contributed by atoms with E-state index in [4.69, 9.17) is 4.74 Å². The van der Waals surface area contributed by atoms with Crippen LogP contribution in [0.3, 0.4) is 0 Å². The Kier molecular flexibility index (Phi) is 3.37. The highest BCUT2D eigenvalue weighted by molar-refractivity contribution is 6.00. The molecule has 0 unspecified atom stereocenters. The van der Waals surface area contributed by atoms with Gasteiger partial charge in [0.1, 0.15) is 5.75 Å². The predicted octanol–water partition coefficient (Wildman–Crippen LogP) is 4.97. The van der Waals surface area contributed by atoms with E-state index in [1.54, 1.807) is 0 Å². The van der Waals surface area contributed by atoms with Crippen LogP contribution in [0.4, 0.5) is 0 Å². The Morgan fingerprint density at radius 2 is 2.00 bits per heavy atom. The number of hydrogen-bond donors (Lipinski definition) is 0. The largest absolute Gasteiger partial charge is 0.493 e. The Morgan fingerprint density at radius 3 is 2.89 bits per heavy atom. The minimum absolute atomic E-state index is 0.786. The van der Waals surface area contributed by atoms with E-state index in [1.807, 2.05) is 12.1 Å². The Hall–Kier alpha value is -2.02. The Balaban J connectivity index is 2.09. The fraction of sp³-hybridized carbons (Fsp3) is 0.222. The Morgan fingerprint density at radius 1 is 1.05 bits per heavy atom. The molecule has 0 aliphatic carbocycles. The topological polar surface area (TPSA) is 9.23 Å². The number of ether oxygens (including phenoxy) is 1. The number of rotatable bonds is 4. The Bertz CT molecular complexity index is 700. The van der Waals surface area contributed by atoms with E-state index < -0.39 is 0 Å². The van der Waals surface area contributed by atoms with Crippen molar-refractivity contribution in [3.8, 4) is 5.75 Å². The first-order valence-electron chi connectivity index (χ1n) is 6.84. The number of unbranched alkanes of at least 4 members (excludes halogenated alkanes) is 1. The highest BCUT2D eigenvalue weighted by Crippen LogP contribution is 2.29. The third-order valence-electron chi connectivity index (χ3n) is 3.40. The van der Waals surface area contributed by atoms with E-state index in [0.717, 1.165) is 25.2 Å². The molecule has 95 valence electrons. The second-order valence-electron chi connectivity index (χ2n) is 4.80. The quantitative estimate of drug-likeness (QED) is 0.468. The first kappa shape index (κ1) is 12.0. The van der Waals surface area contributed by atoms with E-state index in [0.29, 0.717) is 0 Å². The van der Waals surface area contributed by atoms with Crippen LogP contribution in [0.25, 0.3) is 21.5 Å². The van der Waals surface area contributed by atoms with Crippen LogP contribution < -0.4 is 4.74 Å². The van der Waals surface area contributed by atoms with Gasteiger partial charge in [0.05, 0.1) is 6.61 Å². The molecule has 0 spiro atoms. The second kappa shape index (κ2) is 5.31. The van der Waals surface area contributed by atoms with Crippen LogP contribution >= 0.6 is 0 Å². The molecule has 0 saturated carbocycles. The van der Waals surface area contributed by atoms with Crippen molar-refractivity contribution in [3.05, 3.63) is 54.6 Å². The van der Waals surface area contributed by atoms with Crippen molar-refractivity contribution in [2.75, 3.05) is 6.61 Å². The maximum absolute atomic E-state index is 5.90. The third kappa shape index (κ3) is 2.41. The molecule has 3 aromatic rings. The molecule has 0 aliphatic rings. The van der Waals surface area contributed by atoms with Crippen LogP contribution in [0.15, 0.2) is 48.5 Å². The summed E-state index contributed by atoms with van der Waals surface area (Å²) in [5, 5.41) is 4.87. The molecule has 0 amide bonds. The fourth-order valence-corrected chi connectivity index (χ4v) is 2.33. The normalized spacial score (nSPS) is 11.0. The zero-order valence-corrected chi connectivity index (χ0v) is 11.1. The van der Waals surface area contributed by atoms with Gasteiger partial charge >= 0.3 is 0 Å². The van der Waals surface area contributed by atoms with Gasteiger partial charge in [-0.05, 0) is 52.9 Å². The average Bonchev–Trinajstić information content (AvgIpc) is 2.46. The smallest absolute Gasteiger partial charge is 0.127 e. The van der Waals surface area contributed by atoms with Crippen LogP contribution in [0.2, 0.25) is 0 Å². The zero-order chi connectivity index (χ0) is 13.1. The van der Waals surface area contributed by atoms with Crippen molar-refractivity contribution in [1.29, 1.82) is 0 Å². The summed E-state index contributed by atoms with van der Waals surface area (Å²) in [6.45, 7) is 2.96. The molecule has 0 aliphatic heterocycles. The lowest BCUT2D eigenvalue weighted by Gasteiger charge is -2.10. The summed E-state index contributed by atoms with van der Waals surface area (Å²) < 4.78 is 5.90. The summed E-state index contributed by atoms with van der Waals surface area (Å²) in [7, 11) is 0. The van der Waals surface area contributed by atoms with Gasteiger partial charge in [-0.3, -0.25) is 0 Å². The first-order chi connectivity index (χ1) is 9.38. The summed E-state index contributed by atoms with van der Waals surface area (Å²) in [6, 6.07) is 19.9. The molecule has 19 heavy (non-hydrogen) atoms. The summed E-state index contributed by atoms with van der Waals surface area (Å²) in [6.07, 6.45) is 2.25. The maximum atomic E-state index is 5.90. The molecule has 0 saturated heterocycles. The first-order valence-corrected chi connectivity index (χ1v) is 6.84. The van der Waals surface area contributed by atoms with Gasteiger partial charge in [-0.25, -0.2) is 0 Å². The fourth-order valence-electron chi connectivity index (χ4n) is 2.33. The van der Waals surface area contributed by atoms with E-state index in [9.17, 15) is 0 Å².